The van der Waals surface area contributed by atoms with E-state index in [1.54, 1.807) is 0 Å². The molecular weight excluding hydrogens is 246 g/mol. The van der Waals surface area contributed by atoms with E-state index in [2.05, 4.69) is 48.8 Å². The van der Waals surface area contributed by atoms with Gasteiger partial charge in [0.2, 0.25) is 0 Å². The maximum absolute atomic E-state index is 4.69. The van der Waals surface area contributed by atoms with E-state index >= 15 is 0 Å². The molecule has 0 saturated heterocycles. The van der Waals surface area contributed by atoms with Gasteiger partial charge in [0.15, 0.2) is 0 Å². The minimum Gasteiger partial charge on any atom is -0.335 e. The second-order valence-corrected chi connectivity index (χ2v) is 7.26. The largest absolute Gasteiger partial charge is 0.335 e. The third kappa shape index (κ3) is 4.08. The molecule has 3 heteroatoms. The molecule has 114 valence electrons. The highest BCUT2D eigenvalue weighted by atomic mass is 15.1. The quantitative estimate of drug-likeness (QED) is 0.883. The number of aromatic nitrogens is 2. The minimum absolute atomic E-state index is 0.209. The van der Waals surface area contributed by atoms with Gasteiger partial charge in [-0.2, -0.15) is 0 Å². The van der Waals surface area contributed by atoms with Gasteiger partial charge in [-0.15, -0.1) is 0 Å². The van der Waals surface area contributed by atoms with Gasteiger partial charge in [-0.1, -0.05) is 19.8 Å². The van der Waals surface area contributed by atoms with Crippen LogP contribution in [0.4, 0.5) is 0 Å². The van der Waals surface area contributed by atoms with Gasteiger partial charge in [-0.25, -0.2) is 4.98 Å². The molecule has 0 aliphatic heterocycles. The van der Waals surface area contributed by atoms with Crippen LogP contribution >= 0.6 is 0 Å². The molecule has 1 aromatic rings. The highest BCUT2D eigenvalue weighted by Crippen LogP contribution is 2.37. The summed E-state index contributed by atoms with van der Waals surface area (Å²) in [5.41, 5.74) is 0.209. The molecule has 0 aromatic carbocycles. The lowest BCUT2D eigenvalue weighted by atomic mass is 9.78. The standard InChI is InChI=1S/C17H31N3/c1-5-11-20-12-10-18-16(20)15-9-7-6-8-14(15)13-19-17(2,3)4/h10,12,14-15,19H,5-9,11,13H2,1-4H3. The third-order valence-corrected chi connectivity index (χ3v) is 4.35. The molecule has 1 saturated carbocycles. The van der Waals surface area contributed by atoms with Crippen molar-refractivity contribution < 1.29 is 0 Å². The molecule has 3 nitrogen and oxygen atoms in total. The van der Waals surface area contributed by atoms with Crippen LogP contribution in [0.5, 0.6) is 0 Å². The zero-order valence-electron chi connectivity index (χ0n) is 13.7. The SMILES string of the molecule is CCCn1ccnc1C1CCCCC1CNC(C)(C)C. The van der Waals surface area contributed by atoms with E-state index in [1.807, 2.05) is 6.20 Å². The first kappa shape index (κ1) is 15.6. The van der Waals surface area contributed by atoms with Crippen molar-refractivity contribution in [2.24, 2.45) is 5.92 Å². The summed E-state index contributed by atoms with van der Waals surface area (Å²) in [6.45, 7) is 11.2. The first-order valence-electron chi connectivity index (χ1n) is 8.27. The Balaban J connectivity index is 2.08. The van der Waals surface area contributed by atoms with Crippen molar-refractivity contribution in [1.82, 2.24) is 14.9 Å². The normalized spacial score (nSPS) is 24.0. The average Bonchev–Trinajstić information content (AvgIpc) is 2.84. The summed E-state index contributed by atoms with van der Waals surface area (Å²) in [6, 6.07) is 0. The summed E-state index contributed by atoms with van der Waals surface area (Å²) in [5, 5.41) is 3.70. The predicted octanol–water partition coefficient (Wildman–Crippen LogP) is 3.96. The second-order valence-electron chi connectivity index (χ2n) is 7.26. The number of rotatable bonds is 5. The van der Waals surface area contributed by atoms with Crippen molar-refractivity contribution in [3.05, 3.63) is 18.2 Å². The fourth-order valence-corrected chi connectivity index (χ4v) is 3.31. The molecule has 0 bridgehead atoms. The average molecular weight is 277 g/mol. The van der Waals surface area contributed by atoms with Gasteiger partial charge in [0.05, 0.1) is 0 Å². The highest BCUT2D eigenvalue weighted by Gasteiger charge is 2.30. The van der Waals surface area contributed by atoms with Crippen LogP contribution in [0.25, 0.3) is 0 Å². The molecule has 1 aliphatic rings. The van der Waals surface area contributed by atoms with E-state index in [9.17, 15) is 0 Å². The number of hydrogen-bond donors (Lipinski definition) is 1. The maximum Gasteiger partial charge on any atom is 0.112 e. The lowest BCUT2D eigenvalue weighted by Crippen LogP contribution is -2.41. The summed E-state index contributed by atoms with van der Waals surface area (Å²) >= 11 is 0. The van der Waals surface area contributed by atoms with E-state index in [4.69, 9.17) is 0 Å². The van der Waals surface area contributed by atoms with Gasteiger partial charge >= 0.3 is 0 Å². The Morgan fingerprint density at radius 1 is 1.30 bits per heavy atom. The van der Waals surface area contributed by atoms with Crippen LogP contribution in [0.1, 0.15) is 71.5 Å². The van der Waals surface area contributed by atoms with E-state index < -0.39 is 0 Å². The Kier molecular flexibility index (Phi) is 5.25. The molecule has 2 unspecified atom stereocenters. The van der Waals surface area contributed by atoms with E-state index in [0.717, 1.165) is 19.0 Å². The molecule has 0 spiro atoms. The lowest BCUT2D eigenvalue weighted by Gasteiger charge is -2.34. The van der Waals surface area contributed by atoms with E-state index in [0.29, 0.717) is 5.92 Å². The van der Waals surface area contributed by atoms with Gasteiger partial charge in [0.1, 0.15) is 5.82 Å². The summed E-state index contributed by atoms with van der Waals surface area (Å²) in [5.74, 6) is 2.70. The topological polar surface area (TPSA) is 29.9 Å². The zero-order valence-corrected chi connectivity index (χ0v) is 13.7. The van der Waals surface area contributed by atoms with Crippen LogP contribution in [0.15, 0.2) is 12.4 Å². The third-order valence-electron chi connectivity index (χ3n) is 4.35. The number of aryl methyl sites for hydroxylation is 1. The molecule has 0 amide bonds. The zero-order chi connectivity index (χ0) is 14.6. The van der Waals surface area contributed by atoms with Crippen LogP contribution in [-0.2, 0) is 6.54 Å². The van der Waals surface area contributed by atoms with Crippen molar-refractivity contribution in [3.63, 3.8) is 0 Å². The summed E-state index contributed by atoms with van der Waals surface area (Å²) in [4.78, 5) is 4.69. The fraction of sp³-hybridized carbons (Fsp3) is 0.824. The molecule has 0 radical (unpaired) electrons. The Bertz CT molecular complexity index is 403. The molecule has 1 heterocycles. The van der Waals surface area contributed by atoms with Crippen molar-refractivity contribution in [2.45, 2.75) is 77.8 Å². The van der Waals surface area contributed by atoms with Crippen LogP contribution in [0, 0.1) is 5.92 Å². The molecule has 1 N–H and O–H groups in total. The Hall–Kier alpha value is -0.830. The van der Waals surface area contributed by atoms with E-state index in [-0.39, 0.29) is 5.54 Å². The summed E-state index contributed by atoms with van der Waals surface area (Å²) < 4.78 is 2.38. The van der Waals surface area contributed by atoms with Crippen molar-refractivity contribution in [1.29, 1.82) is 0 Å². The van der Waals surface area contributed by atoms with Crippen molar-refractivity contribution in [3.8, 4) is 0 Å². The Morgan fingerprint density at radius 3 is 2.75 bits per heavy atom. The van der Waals surface area contributed by atoms with E-state index in [1.165, 1.54) is 37.9 Å². The molecule has 1 fully saturated rings. The predicted molar refractivity (Wildman–Crippen MR) is 85.0 cm³/mol. The minimum atomic E-state index is 0.209. The highest BCUT2D eigenvalue weighted by molar-refractivity contribution is 5.05. The van der Waals surface area contributed by atoms with Crippen molar-refractivity contribution >= 4 is 0 Å². The molecular formula is C17H31N3. The second kappa shape index (κ2) is 6.75. The number of imidazole rings is 1. The lowest BCUT2D eigenvalue weighted by molar-refractivity contribution is 0.258. The Labute approximate surface area is 124 Å². The monoisotopic (exact) mass is 277 g/mol. The van der Waals surface area contributed by atoms with Gasteiger partial charge in [0, 0.05) is 30.4 Å². The Morgan fingerprint density at radius 2 is 2.05 bits per heavy atom. The van der Waals surface area contributed by atoms with Crippen molar-refractivity contribution in [2.75, 3.05) is 6.54 Å². The van der Waals surface area contributed by atoms with Gasteiger partial charge in [-0.3, -0.25) is 0 Å². The van der Waals surface area contributed by atoms with Gasteiger partial charge in [-0.05, 0) is 52.5 Å². The smallest absolute Gasteiger partial charge is 0.112 e. The molecule has 1 aliphatic carbocycles. The number of hydrogen-bond acceptors (Lipinski definition) is 2. The summed E-state index contributed by atoms with van der Waals surface area (Å²) in [7, 11) is 0. The molecule has 2 atom stereocenters. The number of nitrogens with one attached hydrogen (secondary N) is 1. The molecule has 1 aromatic heterocycles. The number of nitrogens with zero attached hydrogens (tertiary/aromatic N) is 2. The maximum atomic E-state index is 4.69. The van der Waals surface area contributed by atoms with Crippen LogP contribution < -0.4 is 5.32 Å². The molecule has 20 heavy (non-hydrogen) atoms. The van der Waals surface area contributed by atoms with Gasteiger partial charge in [0.25, 0.3) is 0 Å². The van der Waals surface area contributed by atoms with Crippen LogP contribution in [0.3, 0.4) is 0 Å². The first-order chi connectivity index (χ1) is 9.51. The van der Waals surface area contributed by atoms with Gasteiger partial charge < -0.3 is 9.88 Å². The summed E-state index contributed by atoms with van der Waals surface area (Å²) in [6.07, 6.45) is 10.7. The fourth-order valence-electron chi connectivity index (χ4n) is 3.31. The van der Waals surface area contributed by atoms with Crippen LogP contribution in [0.2, 0.25) is 0 Å². The molecule has 2 rings (SSSR count). The van der Waals surface area contributed by atoms with Crippen LogP contribution in [-0.4, -0.2) is 21.6 Å². The first-order valence-corrected chi connectivity index (χ1v) is 8.27.